The molecule has 0 spiro atoms. The van der Waals surface area contributed by atoms with E-state index in [0.717, 1.165) is 54.3 Å². The van der Waals surface area contributed by atoms with Crippen molar-refractivity contribution in [3.63, 3.8) is 0 Å². The summed E-state index contributed by atoms with van der Waals surface area (Å²) in [5.74, 6) is 0.298. The van der Waals surface area contributed by atoms with Gasteiger partial charge in [-0.3, -0.25) is 9.69 Å². The van der Waals surface area contributed by atoms with Gasteiger partial charge in [-0.15, -0.1) is 0 Å². The monoisotopic (exact) mass is 521 g/mol. The first-order valence-electron chi connectivity index (χ1n) is 12.4. The van der Waals surface area contributed by atoms with Crippen LogP contribution in [-0.4, -0.2) is 24.7 Å². The summed E-state index contributed by atoms with van der Waals surface area (Å²) < 4.78 is 39.7. The van der Waals surface area contributed by atoms with Gasteiger partial charge in [-0.05, 0) is 49.3 Å². The molecule has 0 unspecified atom stereocenters. The summed E-state index contributed by atoms with van der Waals surface area (Å²) in [6.45, 7) is 2.01. The summed E-state index contributed by atoms with van der Waals surface area (Å²) in [6.07, 6.45) is -0.721. The summed E-state index contributed by atoms with van der Waals surface area (Å²) in [5, 5.41) is 12.4. The Morgan fingerprint density at radius 3 is 2.51 bits per heavy atom. The molecule has 1 atom stereocenters. The number of piperidine rings is 1. The molecule has 10 heteroatoms. The highest BCUT2D eigenvalue weighted by atomic mass is 32.1. The summed E-state index contributed by atoms with van der Waals surface area (Å²) in [4.78, 5) is 22.5. The maximum Gasteiger partial charge on any atom is 0.416 e. The van der Waals surface area contributed by atoms with Crippen molar-refractivity contribution in [2.45, 2.75) is 50.1 Å². The third-order valence-corrected chi connectivity index (χ3v) is 9.45. The fourth-order valence-corrected chi connectivity index (χ4v) is 8.03. The largest absolute Gasteiger partial charge is 0.416 e. The number of aliphatic imine (C=N–C) groups is 1. The molecule has 6 heterocycles. The standard InChI is InChI=1S/C27H22F3N5OS/c28-27(29,30)15-6-4-13(5-7-15)19-16(12-31)24-33-23(32)22-20-14-8-10-34(11-9-14)25(20)37-26(22)35(24)17-2-1-3-18(36)21(17)19/h4-7,14,19H,1-3,8-11H2,(H2,32,33)/t19-/m0/s1. The third kappa shape index (κ3) is 3.10. The molecule has 1 aromatic carbocycles. The van der Waals surface area contributed by atoms with Crippen LogP contribution in [0.5, 0.6) is 0 Å². The highest BCUT2D eigenvalue weighted by molar-refractivity contribution is 7.21. The zero-order valence-electron chi connectivity index (χ0n) is 19.7. The molecular weight excluding hydrogens is 499 g/mol. The van der Waals surface area contributed by atoms with Gasteiger partial charge in [0.05, 0.1) is 33.7 Å². The van der Waals surface area contributed by atoms with Crippen molar-refractivity contribution in [2.24, 2.45) is 10.7 Å². The SMILES string of the molecule is N#CC1=C2N=C(N)c3c(sc4c3C3CCN4CC3)N2C2=C(C(=O)CCC2)[C@H]1c1ccc(C(F)(F)F)cc1. The maximum atomic E-state index is 13.4. The number of fused-ring (bicyclic) bond motifs is 6. The fraction of sp³-hybridized carbons (Fsp3) is 0.370. The lowest BCUT2D eigenvalue weighted by Gasteiger charge is -2.41. The molecule has 1 saturated heterocycles. The number of nitrogens with zero attached hydrogens (tertiary/aromatic N) is 4. The van der Waals surface area contributed by atoms with Crippen molar-refractivity contribution in [2.75, 3.05) is 22.9 Å². The zero-order valence-corrected chi connectivity index (χ0v) is 20.5. The van der Waals surface area contributed by atoms with Crippen LogP contribution in [0.4, 0.5) is 23.2 Å². The van der Waals surface area contributed by atoms with Gasteiger partial charge < -0.3 is 10.6 Å². The first kappa shape index (κ1) is 22.6. The molecule has 6 aliphatic rings. The van der Waals surface area contributed by atoms with Crippen LogP contribution in [0.3, 0.4) is 0 Å². The molecule has 5 aliphatic heterocycles. The van der Waals surface area contributed by atoms with Crippen LogP contribution in [0.15, 0.2) is 51.9 Å². The lowest BCUT2D eigenvalue weighted by molar-refractivity contribution is -0.137. The average molecular weight is 522 g/mol. The first-order chi connectivity index (χ1) is 17.8. The quantitative estimate of drug-likeness (QED) is 0.534. The summed E-state index contributed by atoms with van der Waals surface area (Å²) in [6, 6.07) is 6.99. The number of alkyl halides is 3. The van der Waals surface area contributed by atoms with E-state index >= 15 is 0 Å². The van der Waals surface area contributed by atoms with E-state index in [0.29, 0.717) is 48.0 Å². The normalized spacial score (nSPS) is 22.9. The van der Waals surface area contributed by atoms with E-state index in [1.54, 1.807) is 11.3 Å². The maximum absolute atomic E-state index is 13.4. The number of ketones is 1. The van der Waals surface area contributed by atoms with Crippen molar-refractivity contribution in [1.82, 2.24) is 0 Å². The molecule has 1 fully saturated rings. The van der Waals surface area contributed by atoms with Crippen LogP contribution in [0.25, 0.3) is 0 Å². The second-order valence-electron chi connectivity index (χ2n) is 10.1. The number of carbonyl (C=O) groups excluding carboxylic acids is 1. The van der Waals surface area contributed by atoms with Gasteiger partial charge in [-0.1, -0.05) is 23.5 Å². The number of rotatable bonds is 1. The van der Waals surface area contributed by atoms with Crippen LogP contribution >= 0.6 is 11.3 Å². The lowest BCUT2D eigenvalue weighted by atomic mass is 9.75. The lowest BCUT2D eigenvalue weighted by Crippen LogP contribution is -2.40. The first-order valence-corrected chi connectivity index (χ1v) is 13.2. The number of thiophene rings is 1. The highest BCUT2D eigenvalue weighted by Crippen LogP contribution is 2.58. The number of benzene rings is 1. The Balaban J connectivity index is 1.46. The topological polar surface area (TPSA) is 85.7 Å². The van der Waals surface area contributed by atoms with Gasteiger partial charge in [0.2, 0.25) is 0 Å². The van der Waals surface area contributed by atoms with Crippen LogP contribution in [0, 0.1) is 11.3 Å². The smallest absolute Gasteiger partial charge is 0.383 e. The summed E-state index contributed by atoms with van der Waals surface area (Å²) >= 11 is 1.64. The predicted molar refractivity (Wildman–Crippen MR) is 134 cm³/mol. The zero-order chi connectivity index (χ0) is 25.6. The minimum absolute atomic E-state index is 0.0767. The van der Waals surface area contributed by atoms with Crippen molar-refractivity contribution in [3.05, 3.63) is 69.2 Å². The average Bonchev–Trinajstić information content (AvgIpc) is 3.32. The molecule has 0 amide bonds. The minimum atomic E-state index is -4.48. The predicted octanol–water partition coefficient (Wildman–Crippen LogP) is 5.53. The highest BCUT2D eigenvalue weighted by Gasteiger charge is 2.47. The van der Waals surface area contributed by atoms with Crippen LogP contribution < -0.4 is 15.5 Å². The van der Waals surface area contributed by atoms with Crippen LogP contribution in [-0.2, 0) is 11.0 Å². The Morgan fingerprint density at radius 1 is 1.11 bits per heavy atom. The number of anilines is 2. The van der Waals surface area contributed by atoms with Crippen molar-refractivity contribution in [3.8, 4) is 6.07 Å². The second-order valence-corrected chi connectivity index (χ2v) is 11.1. The van der Waals surface area contributed by atoms with Crippen LogP contribution in [0.2, 0.25) is 0 Å². The van der Waals surface area contributed by atoms with Gasteiger partial charge in [-0.25, -0.2) is 4.99 Å². The Hall–Kier alpha value is -3.58. The summed E-state index contributed by atoms with van der Waals surface area (Å²) in [7, 11) is 0. The molecule has 2 N–H and O–H groups in total. The Labute approximate surface area is 215 Å². The van der Waals surface area contributed by atoms with Crippen molar-refractivity contribution < 1.29 is 18.0 Å². The van der Waals surface area contributed by atoms with Crippen LogP contribution in [0.1, 0.15) is 66.2 Å². The van der Waals surface area contributed by atoms with E-state index in [2.05, 4.69) is 11.0 Å². The van der Waals surface area contributed by atoms with Gasteiger partial charge in [0, 0.05) is 36.3 Å². The molecule has 0 saturated carbocycles. The summed E-state index contributed by atoms with van der Waals surface area (Å²) in [5.41, 5.74) is 9.91. The van der Waals surface area contributed by atoms with Gasteiger partial charge in [0.25, 0.3) is 0 Å². The number of nitriles is 1. The van der Waals surface area contributed by atoms with E-state index in [9.17, 15) is 23.2 Å². The number of carbonyl (C=O) groups is 1. The minimum Gasteiger partial charge on any atom is -0.383 e. The van der Waals surface area contributed by atoms with E-state index in [1.165, 1.54) is 22.7 Å². The number of amidine groups is 1. The molecule has 8 rings (SSSR count). The van der Waals surface area contributed by atoms with Gasteiger partial charge in [-0.2, -0.15) is 18.4 Å². The number of Topliss-reactive ketones (excluding diaryl/α,β-unsaturated/α-hetero) is 1. The number of halogens is 3. The molecule has 1 aromatic heterocycles. The Bertz CT molecular complexity index is 1500. The molecule has 2 aromatic rings. The van der Waals surface area contributed by atoms with E-state index in [1.807, 2.05) is 4.90 Å². The van der Waals surface area contributed by atoms with E-state index < -0.39 is 17.7 Å². The fourth-order valence-electron chi connectivity index (χ4n) is 6.55. The number of hydrogen-bond acceptors (Lipinski definition) is 7. The number of hydrogen-bond donors (Lipinski definition) is 1. The molecule has 0 radical (unpaired) electrons. The molecule has 2 bridgehead atoms. The molecule has 1 aliphatic carbocycles. The van der Waals surface area contributed by atoms with E-state index in [-0.39, 0.29) is 11.4 Å². The third-order valence-electron chi connectivity index (χ3n) is 8.20. The second kappa shape index (κ2) is 7.71. The van der Waals surface area contributed by atoms with Gasteiger partial charge in [0.15, 0.2) is 11.6 Å². The molecular formula is C27H22F3N5OS. The number of allylic oxidation sites excluding steroid dienone is 3. The Morgan fingerprint density at radius 2 is 1.84 bits per heavy atom. The van der Waals surface area contributed by atoms with E-state index in [4.69, 9.17) is 10.7 Å². The molecule has 6 nitrogen and oxygen atoms in total. The van der Waals surface area contributed by atoms with Crippen molar-refractivity contribution in [1.29, 1.82) is 5.26 Å². The molecule has 37 heavy (non-hydrogen) atoms. The Kier molecular flexibility index (Phi) is 4.71. The van der Waals surface area contributed by atoms with Gasteiger partial charge in [0.1, 0.15) is 10.8 Å². The van der Waals surface area contributed by atoms with Gasteiger partial charge >= 0.3 is 6.18 Å². The molecule has 188 valence electrons. The van der Waals surface area contributed by atoms with Crippen molar-refractivity contribution >= 4 is 33.0 Å². The number of nitrogens with two attached hydrogens (primary N) is 1.